The number of hydrogen-bond acceptors (Lipinski definition) is 4. The molecule has 0 radical (unpaired) electrons. The lowest BCUT2D eigenvalue weighted by Gasteiger charge is -2.14. The standard InChI is InChI=1S/C17H12I4O5/c18-12-1-8(2-13(19)11(12)5-16(22)23)26-9-3-14(20)17(15(21)4-9)25-7-10-6-24-10/h1-4,10H,5-7H2,(H,22,23). The highest BCUT2D eigenvalue weighted by Gasteiger charge is 2.24. The van der Waals surface area contributed by atoms with Crippen molar-refractivity contribution in [1.82, 2.24) is 0 Å². The van der Waals surface area contributed by atoms with E-state index in [0.29, 0.717) is 18.1 Å². The zero-order valence-corrected chi connectivity index (χ0v) is 21.7. The normalized spacial score (nSPS) is 15.6. The van der Waals surface area contributed by atoms with Crippen LogP contribution in [-0.2, 0) is 16.0 Å². The van der Waals surface area contributed by atoms with Crippen molar-refractivity contribution in [1.29, 1.82) is 0 Å². The molecule has 1 heterocycles. The fourth-order valence-electron chi connectivity index (χ4n) is 2.17. The molecule has 5 nitrogen and oxygen atoms in total. The number of carbonyl (C=O) groups is 1. The molecule has 2 aromatic carbocycles. The van der Waals surface area contributed by atoms with Gasteiger partial charge in [0, 0.05) is 7.14 Å². The smallest absolute Gasteiger partial charge is 0.307 e. The van der Waals surface area contributed by atoms with Crippen LogP contribution in [0.2, 0.25) is 0 Å². The Hall–Kier alpha value is 0.390. The third-order valence-corrected chi connectivity index (χ3v) is 6.99. The van der Waals surface area contributed by atoms with Crippen LogP contribution < -0.4 is 9.47 Å². The summed E-state index contributed by atoms with van der Waals surface area (Å²) in [4.78, 5) is 11.0. The van der Waals surface area contributed by atoms with E-state index in [4.69, 9.17) is 19.3 Å². The topological polar surface area (TPSA) is 68.3 Å². The summed E-state index contributed by atoms with van der Waals surface area (Å²) in [6.45, 7) is 1.33. The summed E-state index contributed by atoms with van der Waals surface area (Å²) >= 11 is 8.76. The van der Waals surface area contributed by atoms with Crippen molar-refractivity contribution in [3.63, 3.8) is 0 Å². The van der Waals surface area contributed by atoms with Crippen LogP contribution in [0.3, 0.4) is 0 Å². The van der Waals surface area contributed by atoms with Crippen LogP contribution in [0.1, 0.15) is 5.56 Å². The third-order valence-electron chi connectivity index (χ3n) is 3.47. The number of aliphatic carboxylic acids is 1. The first-order chi connectivity index (χ1) is 12.3. The molecule has 1 saturated heterocycles. The van der Waals surface area contributed by atoms with E-state index in [-0.39, 0.29) is 12.5 Å². The highest BCUT2D eigenvalue weighted by molar-refractivity contribution is 14.1. The van der Waals surface area contributed by atoms with Crippen LogP contribution in [0, 0.1) is 14.3 Å². The minimum atomic E-state index is -0.842. The molecule has 0 aromatic heterocycles. The molecule has 0 spiro atoms. The summed E-state index contributed by atoms with van der Waals surface area (Å²) in [5.41, 5.74) is 0.807. The summed E-state index contributed by atoms with van der Waals surface area (Å²) in [7, 11) is 0. The van der Waals surface area contributed by atoms with Gasteiger partial charge in [0.05, 0.1) is 20.2 Å². The highest BCUT2D eigenvalue weighted by atomic mass is 127. The number of hydrogen-bond donors (Lipinski definition) is 1. The van der Waals surface area contributed by atoms with E-state index < -0.39 is 5.97 Å². The molecule has 1 fully saturated rings. The van der Waals surface area contributed by atoms with Gasteiger partial charge < -0.3 is 19.3 Å². The number of carboxylic acids is 1. The van der Waals surface area contributed by atoms with Gasteiger partial charge in [-0.3, -0.25) is 4.79 Å². The monoisotopic (exact) mass is 804 g/mol. The van der Waals surface area contributed by atoms with Crippen LogP contribution in [0.15, 0.2) is 24.3 Å². The molecule has 0 saturated carbocycles. The molecule has 0 bridgehead atoms. The molecular formula is C17H12I4O5. The molecule has 138 valence electrons. The van der Waals surface area contributed by atoms with Crippen molar-refractivity contribution in [2.45, 2.75) is 12.5 Å². The SMILES string of the molecule is O=C(O)Cc1c(I)cc(Oc2cc(I)c(OCC3CO3)c(I)c2)cc1I. The van der Waals surface area contributed by atoms with Crippen molar-refractivity contribution in [3.05, 3.63) is 44.1 Å². The van der Waals surface area contributed by atoms with Gasteiger partial charge in [-0.05, 0) is 120 Å². The Balaban J connectivity index is 1.79. The molecule has 0 aliphatic carbocycles. The first kappa shape index (κ1) is 21.1. The molecular weight excluding hydrogens is 792 g/mol. The van der Waals surface area contributed by atoms with E-state index in [9.17, 15) is 4.79 Å². The maximum absolute atomic E-state index is 11.0. The van der Waals surface area contributed by atoms with Gasteiger partial charge in [0.1, 0.15) is 30.0 Å². The summed E-state index contributed by atoms with van der Waals surface area (Å²) in [5, 5.41) is 9.03. The number of benzene rings is 2. The van der Waals surface area contributed by atoms with Crippen LogP contribution in [0.25, 0.3) is 0 Å². The maximum atomic E-state index is 11.0. The minimum absolute atomic E-state index is 0.00334. The van der Waals surface area contributed by atoms with Crippen molar-refractivity contribution in [2.24, 2.45) is 0 Å². The van der Waals surface area contributed by atoms with Crippen molar-refractivity contribution in [2.75, 3.05) is 13.2 Å². The molecule has 26 heavy (non-hydrogen) atoms. The van der Waals surface area contributed by atoms with Gasteiger partial charge >= 0.3 is 5.97 Å². The number of rotatable bonds is 7. The maximum Gasteiger partial charge on any atom is 0.307 e. The Labute approximate surface area is 205 Å². The van der Waals surface area contributed by atoms with Gasteiger partial charge in [0.2, 0.25) is 0 Å². The van der Waals surface area contributed by atoms with Gasteiger partial charge in [-0.2, -0.15) is 0 Å². The number of halogens is 4. The molecule has 1 N–H and O–H groups in total. The second-order valence-electron chi connectivity index (χ2n) is 5.52. The van der Waals surface area contributed by atoms with E-state index in [0.717, 1.165) is 32.2 Å². The lowest BCUT2D eigenvalue weighted by molar-refractivity contribution is -0.136. The van der Waals surface area contributed by atoms with Crippen molar-refractivity contribution >= 4 is 96.3 Å². The number of epoxide rings is 1. The second-order valence-corrected chi connectivity index (χ2v) is 10.2. The van der Waals surface area contributed by atoms with E-state index in [2.05, 4.69) is 90.4 Å². The van der Waals surface area contributed by atoms with Gasteiger partial charge in [-0.1, -0.05) is 0 Å². The van der Waals surface area contributed by atoms with E-state index in [1.165, 1.54) is 0 Å². The third kappa shape index (κ3) is 5.70. The summed E-state index contributed by atoms with van der Waals surface area (Å²) in [6, 6.07) is 7.57. The fraction of sp³-hybridized carbons (Fsp3) is 0.235. The van der Waals surface area contributed by atoms with Gasteiger partial charge in [-0.25, -0.2) is 0 Å². The van der Waals surface area contributed by atoms with Crippen LogP contribution in [0.4, 0.5) is 0 Å². The molecule has 3 rings (SSSR count). The molecule has 1 unspecified atom stereocenters. The summed E-state index contributed by atoms with van der Waals surface area (Å²) < 4.78 is 20.7. The Morgan fingerprint density at radius 1 is 1.04 bits per heavy atom. The molecule has 2 aromatic rings. The minimum Gasteiger partial charge on any atom is -0.489 e. The zero-order chi connectivity index (χ0) is 18.8. The van der Waals surface area contributed by atoms with E-state index in [1.54, 1.807) is 0 Å². The zero-order valence-electron chi connectivity index (χ0n) is 13.1. The average Bonchev–Trinajstić information content (AvgIpc) is 3.34. The van der Waals surface area contributed by atoms with Crippen molar-refractivity contribution in [3.8, 4) is 17.2 Å². The predicted molar refractivity (Wildman–Crippen MR) is 130 cm³/mol. The summed E-state index contributed by atoms with van der Waals surface area (Å²) in [5.74, 6) is 1.40. The quantitative estimate of drug-likeness (QED) is 0.304. The number of carboxylic acid groups (broad SMARTS) is 1. The predicted octanol–water partition coefficient (Wildman–Crippen LogP) is 5.30. The Morgan fingerprint density at radius 2 is 1.54 bits per heavy atom. The van der Waals surface area contributed by atoms with Crippen molar-refractivity contribution < 1.29 is 24.1 Å². The molecule has 1 aliphatic heterocycles. The van der Waals surface area contributed by atoms with Crippen LogP contribution in [-0.4, -0.2) is 30.4 Å². The molecule has 1 atom stereocenters. The van der Waals surface area contributed by atoms with Gasteiger partial charge in [-0.15, -0.1) is 0 Å². The summed E-state index contributed by atoms with van der Waals surface area (Å²) in [6.07, 6.45) is 0.217. The first-order valence-electron chi connectivity index (χ1n) is 7.44. The van der Waals surface area contributed by atoms with Gasteiger partial charge in [0.25, 0.3) is 0 Å². The van der Waals surface area contributed by atoms with E-state index >= 15 is 0 Å². The average molecular weight is 804 g/mol. The molecule has 9 heteroatoms. The Morgan fingerprint density at radius 3 is 2.00 bits per heavy atom. The van der Waals surface area contributed by atoms with Crippen LogP contribution >= 0.6 is 90.4 Å². The van der Waals surface area contributed by atoms with Gasteiger partial charge in [0.15, 0.2) is 0 Å². The number of ether oxygens (including phenoxy) is 3. The lowest BCUT2D eigenvalue weighted by Crippen LogP contribution is -2.06. The highest BCUT2D eigenvalue weighted by Crippen LogP contribution is 2.35. The lowest BCUT2D eigenvalue weighted by atomic mass is 10.1. The molecule has 1 aliphatic rings. The second kappa shape index (κ2) is 9.26. The van der Waals surface area contributed by atoms with E-state index in [1.807, 2.05) is 24.3 Å². The first-order valence-corrected chi connectivity index (χ1v) is 11.8. The fourth-order valence-corrected chi connectivity index (χ4v) is 6.28. The Kier molecular flexibility index (Phi) is 7.52. The molecule has 0 amide bonds. The largest absolute Gasteiger partial charge is 0.489 e. The van der Waals surface area contributed by atoms with Crippen LogP contribution in [0.5, 0.6) is 17.2 Å². The Bertz CT molecular complexity index is 805.